The van der Waals surface area contributed by atoms with Gasteiger partial charge < -0.3 is 45.6 Å². The number of benzene rings is 3. The van der Waals surface area contributed by atoms with Crippen LogP contribution < -0.4 is 31.9 Å². The summed E-state index contributed by atoms with van der Waals surface area (Å²) < 4.78 is 20.5. The maximum absolute atomic E-state index is 14.9. The number of nitrogens with one attached hydrogen (secondary N) is 6. The molecule has 6 amide bonds. The number of hydrogen-bond donors (Lipinski definition) is 6. The molecule has 24 heteroatoms. The van der Waals surface area contributed by atoms with Crippen LogP contribution in [0.15, 0.2) is 147 Å². The molecule has 1 saturated heterocycles. The van der Waals surface area contributed by atoms with Crippen LogP contribution in [0.5, 0.6) is 0 Å². The van der Waals surface area contributed by atoms with Crippen LogP contribution in [0.2, 0.25) is 0 Å². The first kappa shape index (κ1) is 57.5. The highest BCUT2D eigenvalue weighted by Crippen LogP contribution is 2.26. The van der Waals surface area contributed by atoms with Crippen molar-refractivity contribution in [1.29, 1.82) is 0 Å². The molecule has 6 N–H and O–H groups in total. The molecule has 1 fully saturated rings. The predicted molar refractivity (Wildman–Crippen MR) is 291 cm³/mol. The Bertz CT molecular complexity index is 2580. The summed E-state index contributed by atoms with van der Waals surface area (Å²) in [5, 5.41) is 17.8. The van der Waals surface area contributed by atoms with Crippen molar-refractivity contribution in [3.63, 3.8) is 0 Å². The summed E-state index contributed by atoms with van der Waals surface area (Å²) >= 11 is 0. The molecule has 0 spiro atoms. The van der Waals surface area contributed by atoms with Gasteiger partial charge >= 0.3 is 21.4 Å². The van der Waals surface area contributed by atoms with Crippen molar-refractivity contribution in [3.05, 3.63) is 181 Å². The van der Waals surface area contributed by atoms with Crippen LogP contribution in [0, 0.1) is 17.8 Å². The Hall–Kier alpha value is -8.21. The highest BCUT2D eigenvalue weighted by atomic mass is 16.7. The first-order valence-electron chi connectivity index (χ1n) is 25.9. The highest BCUT2D eigenvalue weighted by molar-refractivity contribution is 6.75. The zero-order valence-electron chi connectivity index (χ0n) is 44.3. The lowest BCUT2D eigenvalue weighted by Gasteiger charge is -2.41. The van der Waals surface area contributed by atoms with Gasteiger partial charge in [-0.25, -0.2) is 15.0 Å². The van der Waals surface area contributed by atoms with Gasteiger partial charge in [0.1, 0.15) is 35.2 Å². The molecule has 3 aromatic heterocycles. The molecular formula is C54H63B3N12O9. The second kappa shape index (κ2) is 28.3. The molecule has 3 aromatic carbocycles. The number of aromatic nitrogens is 6. The third kappa shape index (κ3) is 16.4. The summed E-state index contributed by atoms with van der Waals surface area (Å²) in [4.78, 5) is 110. The fourth-order valence-corrected chi connectivity index (χ4v) is 8.80. The molecule has 0 unspecified atom stereocenters. The molecule has 4 heterocycles. The number of nitrogens with zero attached hydrogens (tertiary/aromatic N) is 6. The minimum Gasteiger partial charge on any atom is -0.450 e. The van der Waals surface area contributed by atoms with Crippen LogP contribution in [0.3, 0.4) is 0 Å². The van der Waals surface area contributed by atoms with E-state index >= 15 is 0 Å². The second-order valence-electron chi connectivity index (χ2n) is 20.0. The molecule has 1 aliphatic rings. The van der Waals surface area contributed by atoms with Gasteiger partial charge in [-0.15, -0.1) is 0 Å². The van der Waals surface area contributed by atoms with Crippen LogP contribution in [0.4, 0.5) is 0 Å². The topological polar surface area (TPSA) is 280 Å². The maximum Gasteiger partial charge on any atom is 0.453 e. The lowest BCUT2D eigenvalue weighted by Crippen LogP contribution is -2.68. The quantitative estimate of drug-likeness (QED) is 0.0452. The summed E-state index contributed by atoms with van der Waals surface area (Å²) in [7, 11) is -3.98. The molecule has 6 aromatic rings. The molecule has 0 bridgehead atoms. The molecule has 1 aliphatic heterocycles. The van der Waals surface area contributed by atoms with E-state index in [1.54, 1.807) is 91.0 Å². The minimum absolute atomic E-state index is 0.00570. The molecule has 0 radical (unpaired) electrons. The Morgan fingerprint density at radius 2 is 0.641 bits per heavy atom. The number of carbonyl (C=O) groups is 6. The van der Waals surface area contributed by atoms with E-state index in [9.17, 15) is 28.8 Å². The van der Waals surface area contributed by atoms with Gasteiger partial charge in [0.25, 0.3) is 17.7 Å². The zero-order valence-corrected chi connectivity index (χ0v) is 44.3. The molecule has 0 aliphatic carbocycles. The highest BCUT2D eigenvalue weighted by Gasteiger charge is 2.52. The molecule has 0 saturated carbocycles. The van der Waals surface area contributed by atoms with Gasteiger partial charge in [0.05, 0.1) is 36.4 Å². The Morgan fingerprint density at radius 1 is 0.385 bits per heavy atom. The summed E-state index contributed by atoms with van der Waals surface area (Å²) in [6.45, 7) is 11.7. The van der Waals surface area contributed by atoms with Gasteiger partial charge in [0, 0.05) is 37.2 Å². The smallest absolute Gasteiger partial charge is 0.450 e. The van der Waals surface area contributed by atoms with E-state index in [2.05, 4.69) is 61.8 Å². The predicted octanol–water partition coefficient (Wildman–Crippen LogP) is 4.61. The molecular weight excluding hydrogens is 993 g/mol. The first-order chi connectivity index (χ1) is 37.6. The van der Waals surface area contributed by atoms with Gasteiger partial charge in [-0.3, -0.25) is 43.7 Å². The standard InChI is InChI=1S/C54H63B3N12O9/c1-34(2)28-43(64-52(73)46(37-16-10-7-11-17-37)67-49(70)40-31-58-22-25-61-40)55-76-56(44(29-35(3)4)65-53(74)47(38-18-12-8-13-19-38)68-50(71)41-32-59-23-26-62-41)78-57(77-55)45(30-36(5)6)66-54(75)48(39-20-14-9-15-21-39)69-51(72)42-33-60-24-27-63-42/h7-27,31-36,43-48H,28-30H2,1-6H3,(H,64,73)(H,65,74)(H,66,75)(H,67,70)(H,68,71)(H,69,72)/t43-,44-,45-,46-,47-,48+/m0/s1. The maximum atomic E-state index is 14.9. The van der Waals surface area contributed by atoms with Crippen molar-refractivity contribution in [2.24, 2.45) is 17.8 Å². The number of amides is 6. The van der Waals surface area contributed by atoms with Crippen molar-refractivity contribution in [2.45, 2.75) is 96.8 Å². The zero-order chi connectivity index (χ0) is 55.6. The van der Waals surface area contributed by atoms with Crippen molar-refractivity contribution in [2.75, 3.05) is 0 Å². The SMILES string of the molecule is CC(C)C[C@H](NC(=O)[C@@H](NC(=O)c1cnccn1)c1ccccc1)B1OB([C@H](CC(C)C)NC(=O)[C@@H](NC(=O)c2cnccn2)c2ccccc2)OB([C@H](CC(C)C)NC(=O)[C@H](NC(=O)c2cnccn2)c2ccccc2)O1. The first-order valence-corrected chi connectivity index (χ1v) is 25.9. The Kier molecular flexibility index (Phi) is 20.8. The number of rotatable bonds is 24. The van der Waals surface area contributed by atoms with Crippen LogP contribution in [0.25, 0.3) is 0 Å². The lowest BCUT2D eigenvalue weighted by atomic mass is 9.58. The van der Waals surface area contributed by atoms with Crippen molar-refractivity contribution in [3.8, 4) is 0 Å². The van der Waals surface area contributed by atoms with E-state index in [0.717, 1.165) is 0 Å². The van der Waals surface area contributed by atoms with Crippen LogP contribution in [-0.4, -0.2) is 105 Å². The molecule has 78 heavy (non-hydrogen) atoms. The fourth-order valence-electron chi connectivity index (χ4n) is 8.80. The van der Waals surface area contributed by atoms with E-state index in [1.807, 2.05) is 41.5 Å². The summed E-state index contributed by atoms with van der Waals surface area (Å²) in [6.07, 6.45) is 13.1. The summed E-state index contributed by atoms with van der Waals surface area (Å²) in [5.74, 6) is -6.88. The van der Waals surface area contributed by atoms with Crippen molar-refractivity contribution >= 4 is 56.8 Å². The van der Waals surface area contributed by atoms with E-state index < -0.39 is 92.7 Å². The summed E-state index contributed by atoms with van der Waals surface area (Å²) in [6, 6.07) is 22.4. The van der Waals surface area contributed by atoms with E-state index in [0.29, 0.717) is 16.7 Å². The van der Waals surface area contributed by atoms with E-state index in [4.69, 9.17) is 13.7 Å². The second-order valence-corrected chi connectivity index (χ2v) is 20.0. The molecule has 21 nitrogen and oxygen atoms in total. The average Bonchev–Trinajstić information content (AvgIpc) is 3.47. The minimum atomic E-state index is -1.33. The number of hydrogen-bond acceptors (Lipinski definition) is 15. The third-order valence-corrected chi connectivity index (χ3v) is 12.3. The van der Waals surface area contributed by atoms with Gasteiger partial charge in [-0.2, -0.15) is 0 Å². The van der Waals surface area contributed by atoms with Crippen molar-refractivity contribution in [1.82, 2.24) is 61.8 Å². The van der Waals surface area contributed by atoms with Crippen LogP contribution >= 0.6 is 0 Å². The largest absolute Gasteiger partial charge is 0.453 e. The van der Waals surface area contributed by atoms with Gasteiger partial charge in [-0.05, 0) is 53.7 Å². The Morgan fingerprint density at radius 3 is 0.859 bits per heavy atom. The third-order valence-electron chi connectivity index (χ3n) is 12.3. The Balaban J connectivity index is 1.27. The van der Waals surface area contributed by atoms with Crippen molar-refractivity contribution < 1.29 is 42.5 Å². The molecule has 402 valence electrons. The monoisotopic (exact) mass is 1060 g/mol. The van der Waals surface area contributed by atoms with Crippen LogP contribution in [-0.2, 0) is 28.1 Å². The molecule has 7 rings (SSSR count). The van der Waals surface area contributed by atoms with Gasteiger partial charge in [0.15, 0.2) is 0 Å². The van der Waals surface area contributed by atoms with E-state index in [-0.39, 0.29) is 54.1 Å². The Labute approximate surface area is 454 Å². The fraction of sp³-hybridized carbons (Fsp3) is 0.333. The number of carbonyl (C=O) groups excluding carboxylic acids is 6. The average molecular weight is 1060 g/mol. The molecule has 6 atom stereocenters. The normalized spacial score (nSPS) is 14.8. The summed E-state index contributed by atoms with van der Waals surface area (Å²) in [5.41, 5.74) is 1.39. The van der Waals surface area contributed by atoms with Gasteiger partial charge in [-0.1, -0.05) is 133 Å². The lowest BCUT2D eigenvalue weighted by molar-refractivity contribution is -0.124. The van der Waals surface area contributed by atoms with E-state index in [1.165, 1.54) is 55.8 Å². The van der Waals surface area contributed by atoms with Gasteiger partial charge in [0.2, 0.25) is 17.7 Å². The van der Waals surface area contributed by atoms with Crippen LogP contribution in [0.1, 0.15) is 127 Å².